The molecule has 0 saturated heterocycles. The molecule has 224 valence electrons. The van der Waals surface area contributed by atoms with Crippen LogP contribution in [0.5, 0.6) is 23.0 Å². The zero-order chi connectivity index (χ0) is 31.7. The standard InChI is InChI=1S/C29H20F6N2O6/c30-28(31,32)27(29(33,34)35,15-1-5-17(6-2-15)42-19-9-11-23(36)21(13-19)25(38)39)16-3-7-18(8-4-16)43-20-10-12-24(37)22(14-20)26(40)41/h1-14H,36-37H2,(H,38,39)(H,40,41). The van der Waals surface area contributed by atoms with Crippen LogP contribution >= 0.6 is 0 Å². The summed E-state index contributed by atoms with van der Waals surface area (Å²) >= 11 is 0. The van der Waals surface area contributed by atoms with E-state index in [0.29, 0.717) is 24.3 Å². The second-order valence-electron chi connectivity index (χ2n) is 9.11. The van der Waals surface area contributed by atoms with E-state index in [2.05, 4.69) is 0 Å². The Kier molecular flexibility index (Phi) is 7.90. The smallest absolute Gasteiger partial charge is 0.411 e. The van der Waals surface area contributed by atoms with Gasteiger partial charge in [-0.25, -0.2) is 9.59 Å². The van der Waals surface area contributed by atoms with Crippen LogP contribution in [-0.4, -0.2) is 34.5 Å². The lowest BCUT2D eigenvalue weighted by molar-refractivity contribution is -0.288. The fourth-order valence-corrected chi connectivity index (χ4v) is 4.37. The second kappa shape index (κ2) is 11.1. The third kappa shape index (κ3) is 5.84. The highest BCUT2D eigenvalue weighted by Gasteiger charge is 2.72. The number of carboxylic acids is 2. The lowest BCUT2D eigenvalue weighted by Crippen LogP contribution is -2.54. The predicted molar refractivity (Wildman–Crippen MR) is 142 cm³/mol. The SMILES string of the molecule is Nc1ccc(Oc2ccc(C(c3ccc(Oc4ccc(N)c(C(=O)O)c4)cc3)(C(F)(F)F)C(F)(F)F)cc2)cc1C(=O)O. The minimum atomic E-state index is -5.86. The first-order chi connectivity index (χ1) is 20.0. The Balaban J connectivity index is 1.71. The van der Waals surface area contributed by atoms with Gasteiger partial charge in [0, 0.05) is 11.4 Å². The summed E-state index contributed by atoms with van der Waals surface area (Å²) in [5, 5.41) is 18.4. The van der Waals surface area contributed by atoms with Gasteiger partial charge in [-0.2, -0.15) is 26.3 Å². The first-order valence-electron chi connectivity index (χ1n) is 12.0. The molecule has 43 heavy (non-hydrogen) atoms. The summed E-state index contributed by atoms with van der Waals surface area (Å²) in [6.45, 7) is 0. The number of alkyl halides is 6. The summed E-state index contributed by atoms with van der Waals surface area (Å²) in [5.74, 6) is -3.21. The number of aromatic carboxylic acids is 2. The molecule has 14 heteroatoms. The molecule has 0 atom stereocenters. The third-order valence-corrected chi connectivity index (χ3v) is 6.41. The number of ether oxygens (including phenoxy) is 2. The summed E-state index contributed by atoms with van der Waals surface area (Å²) in [5.41, 5.74) is 3.57. The quantitative estimate of drug-likeness (QED) is 0.121. The minimum absolute atomic E-state index is 0.0653. The molecule has 4 aromatic carbocycles. The molecule has 8 nitrogen and oxygen atoms in total. The minimum Gasteiger partial charge on any atom is -0.478 e. The van der Waals surface area contributed by atoms with Crippen molar-refractivity contribution in [2.24, 2.45) is 0 Å². The molecule has 0 unspecified atom stereocenters. The number of carboxylic acid groups (broad SMARTS) is 2. The summed E-state index contributed by atoms with van der Waals surface area (Å²) in [6.07, 6.45) is -11.7. The number of nitrogen functional groups attached to an aromatic ring is 2. The Morgan fingerprint density at radius 2 is 0.837 bits per heavy atom. The summed E-state index contributed by atoms with van der Waals surface area (Å²) < 4.78 is 98.1. The van der Waals surface area contributed by atoms with E-state index in [1.807, 2.05) is 0 Å². The van der Waals surface area contributed by atoms with Crippen molar-refractivity contribution in [2.75, 3.05) is 11.5 Å². The van der Waals surface area contributed by atoms with E-state index in [1.165, 1.54) is 24.3 Å². The van der Waals surface area contributed by atoms with Crippen LogP contribution in [0, 0.1) is 0 Å². The highest BCUT2D eigenvalue weighted by molar-refractivity contribution is 5.94. The van der Waals surface area contributed by atoms with E-state index in [4.69, 9.17) is 20.9 Å². The number of halogens is 6. The largest absolute Gasteiger partial charge is 0.478 e. The number of hydrogen-bond donors (Lipinski definition) is 4. The van der Waals surface area contributed by atoms with Crippen LogP contribution in [0.2, 0.25) is 0 Å². The van der Waals surface area contributed by atoms with E-state index in [9.17, 15) is 46.1 Å². The monoisotopic (exact) mass is 606 g/mol. The van der Waals surface area contributed by atoms with Gasteiger partial charge in [0.15, 0.2) is 0 Å². The van der Waals surface area contributed by atoms with E-state index in [-0.39, 0.29) is 45.5 Å². The average Bonchev–Trinajstić information content (AvgIpc) is 2.91. The van der Waals surface area contributed by atoms with Crippen LogP contribution in [0.25, 0.3) is 0 Å². The molecule has 0 amide bonds. The topological polar surface area (TPSA) is 145 Å². The molecule has 0 radical (unpaired) electrons. The fraction of sp³-hybridized carbons (Fsp3) is 0.103. The van der Waals surface area contributed by atoms with Gasteiger partial charge in [0.05, 0.1) is 11.1 Å². The molecule has 0 aliphatic carbocycles. The van der Waals surface area contributed by atoms with E-state index >= 15 is 0 Å². The molecule has 6 N–H and O–H groups in total. The van der Waals surface area contributed by atoms with Gasteiger partial charge in [0.1, 0.15) is 23.0 Å². The van der Waals surface area contributed by atoms with Crippen molar-refractivity contribution < 1.29 is 55.6 Å². The molecule has 0 fully saturated rings. The highest BCUT2D eigenvalue weighted by Crippen LogP contribution is 2.56. The van der Waals surface area contributed by atoms with Gasteiger partial charge in [-0.05, 0) is 71.8 Å². The fourth-order valence-electron chi connectivity index (χ4n) is 4.37. The molecule has 0 spiro atoms. The molecule has 0 heterocycles. The number of anilines is 2. The van der Waals surface area contributed by atoms with Gasteiger partial charge in [-0.1, -0.05) is 24.3 Å². The van der Waals surface area contributed by atoms with Crippen molar-refractivity contribution in [1.82, 2.24) is 0 Å². The zero-order valence-corrected chi connectivity index (χ0v) is 21.5. The summed E-state index contributed by atoms with van der Waals surface area (Å²) in [6, 6.07) is 13.1. The Labute approximate surface area is 238 Å². The number of nitrogens with two attached hydrogens (primary N) is 2. The molecule has 4 aromatic rings. The maximum atomic E-state index is 14.5. The number of hydrogen-bond acceptors (Lipinski definition) is 6. The van der Waals surface area contributed by atoms with Gasteiger partial charge in [0.2, 0.25) is 5.41 Å². The molecule has 4 rings (SSSR count). The van der Waals surface area contributed by atoms with E-state index in [1.54, 1.807) is 0 Å². The zero-order valence-electron chi connectivity index (χ0n) is 21.5. The maximum Gasteiger partial charge on any atom is 0.411 e. The predicted octanol–water partition coefficient (Wildman–Crippen LogP) is 7.24. The molecule has 0 saturated carbocycles. The van der Waals surface area contributed by atoms with Crippen molar-refractivity contribution in [3.8, 4) is 23.0 Å². The molecular formula is C29H20F6N2O6. The van der Waals surface area contributed by atoms with E-state index in [0.717, 1.165) is 36.4 Å². The Bertz CT molecular complexity index is 1540. The molecule has 0 aliphatic heterocycles. The van der Waals surface area contributed by atoms with Crippen LogP contribution in [0.3, 0.4) is 0 Å². The van der Waals surface area contributed by atoms with Gasteiger partial charge in [-0.15, -0.1) is 0 Å². The number of carbonyl (C=O) groups is 2. The van der Waals surface area contributed by atoms with Crippen molar-refractivity contribution in [3.63, 3.8) is 0 Å². The Hall–Kier alpha value is -5.40. The third-order valence-electron chi connectivity index (χ3n) is 6.41. The molecule has 0 bridgehead atoms. The lowest BCUT2D eigenvalue weighted by atomic mass is 9.73. The van der Waals surface area contributed by atoms with Crippen LogP contribution in [0.15, 0.2) is 84.9 Å². The second-order valence-corrected chi connectivity index (χ2v) is 9.11. The number of benzene rings is 4. The summed E-state index contributed by atoms with van der Waals surface area (Å²) in [7, 11) is 0. The van der Waals surface area contributed by atoms with Crippen molar-refractivity contribution in [3.05, 3.63) is 107 Å². The van der Waals surface area contributed by atoms with Crippen molar-refractivity contribution in [2.45, 2.75) is 17.8 Å². The molecule has 0 aromatic heterocycles. The lowest BCUT2D eigenvalue weighted by Gasteiger charge is -2.38. The van der Waals surface area contributed by atoms with Crippen LogP contribution in [0.4, 0.5) is 37.7 Å². The van der Waals surface area contributed by atoms with E-state index < -0.39 is 40.8 Å². The van der Waals surface area contributed by atoms with Gasteiger partial charge >= 0.3 is 24.3 Å². The molecular weight excluding hydrogens is 586 g/mol. The van der Waals surface area contributed by atoms with Gasteiger partial charge in [0.25, 0.3) is 0 Å². The van der Waals surface area contributed by atoms with Gasteiger partial charge in [-0.3, -0.25) is 0 Å². The summed E-state index contributed by atoms with van der Waals surface area (Å²) in [4.78, 5) is 22.6. The normalized spacial score (nSPS) is 12.0. The van der Waals surface area contributed by atoms with Crippen LogP contribution in [-0.2, 0) is 5.41 Å². The Morgan fingerprint density at radius 1 is 0.535 bits per heavy atom. The number of rotatable bonds is 8. The van der Waals surface area contributed by atoms with Crippen LogP contribution in [0.1, 0.15) is 31.8 Å². The average molecular weight is 606 g/mol. The van der Waals surface area contributed by atoms with Gasteiger partial charge < -0.3 is 31.2 Å². The van der Waals surface area contributed by atoms with Crippen molar-refractivity contribution >= 4 is 23.3 Å². The van der Waals surface area contributed by atoms with Crippen LogP contribution < -0.4 is 20.9 Å². The first-order valence-corrected chi connectivity index (χ1v) is 12.0. The Morgan fingerprint density at radius 3 is 1.12 bits per heavy atom. The first kappa shape index (κ1) is 30.6. The molecule has 0 aliphatic rings. The van der Waals surface area contributed by atoms with Crippen molar-refractivity contribution in [1.29, 1.82) is 0 Å². The maximum absolute atomic E-state index is 14.5. The highest BCUT2D eigenvalue weighted by atomic mass is 19.4.